The van der Waals surface area contributed by atoms with Gasteiger partial charge in [0, 0.05) is 0 Å². The van der Waals surface area contributed by atoms with Crippen molar-refractivity contribution < 1.29 is 37.0 Å². The molecule has 144 valence electrons. The summed E-state index contributed by atoms with van der Waals surface area (Å²) >= 11 is 0.992. The predicted molar refractivity (Wildman–Crippen MR) is 95.6 cm³/mol. The Morgan fingerprint density at radius 2 is 1.41 bits per heavy atom. The van der Waals surface area contributed by atoms with E-state index < -0.39 is 27.9 Å². The normalized spacial score (nSPS) is 10.8. The van der Waals surface area contributed by atoms with E-state index in [1.165, 1.54) is 18.6 Å². The quantitative estimate of drug-likeness (QED) is 0.562. The predicted octanol–water partition coefficient (Wildman–Crippen LogP) is 1.91. The van der Waals surface area contributed by atoms with E-state index in [1.807, 2.05) is 0 Å². The number of hydrogen-bond acceptors (Lipinski definition) is 9. The number of benzene rings is 1. The summed E-state index contributed by atoms with van der Waals surface area (Å²) in [7, 11) is -0.836. The van der Waals surface area contributed by atoms with Crippen LogP contribution in [0.2, 0.25) is 0 Å². The second kappa shape index (κ2) is 8.18. The third kappa shape index (κ3) is 4.44. The molecule has 27 heavy (non-hydrogen) atoms. The first-order valence-corrected chi connectivity index (χ1v) is 9.60. The van der Waals surface area contributed by atoms with Crippen molar-refractivity contribution in [1.82, 2.24) is 0 Å². The second-order valence-electron chi connectivity index (χ2n) is 4.99. The van der Waals surface area contributed by atoms with Gasteiger partial charge in [0.05, 0.1) is 43.0 Å². The molecular weight excluding hydrogens is 398 g/mol. The largest absolute Gasteiger partial charge is 0.465 e. The molecule has 0 amide bonds. The maximum atomic E-state index is 12.7. The lowest BCUT2D eigenvalue weighted by atomic mass is 10.1. The smallest absolute Gasteiger partial charge is 0.350 e. The van der Waals surface area contributed by atoms with E-state index >= 15 is 0 Å². The zero-order valence-electron chi connectivity index (χ0n) is 14.5. The van der Waals surface area contributed by atoms with Crippen molar-refractivity contribution in [2.24, 2.45) is 0 Å². The van der Waals surface area contributed by atoms with Gasteiger partial charge in [0.2, 0.25) is 0 Å². The van der Waals surface area contributed by atoms with Crippen molar-refractivity contribution in [3.05, 3.63) is 45.6 Å². The van der Waals surface area contributed by atoms with E-state index in [-0.39, 0.29) is 26.6 Å². The molecule has 1 aromatic carbocycles. The van der Waals surface area contributed by atoms with Crippen LogP contribution in [-0.4, -0.2) is 47.7 Å². The molecule has 0 aliphatic carbocycles. The molecule has 0 radical (unpaired) electrons. The third-order valence-corrected chi connectivity index (χ3v) is 5.58. The molecule has 0 spiro atoms. The zero-order valence-corrected chi connectivity index (χ0v) is 16.1. The van der Waals surface area contributed by atoms with E-state index in [9.17, 15) is 22.8 Å². The van der Waals surface area contributed by atoms with Crippen LogP contribution in [0.15, 0.2) is 34.5 Å². The van der Waals surface area contributed by atoms with Crippen LogP contribution in [0, 0.1) is 0 Å². The molecule has 0 aliphatic rings. The molecule has 0 atom stereocenters. The lowest BCUT2D eigenvalue weighted by molar-refractivity contribution is 0.0589. The highest BCUT2D eigenvalue weighted by atomic mass is 32.2. The number of carbonyl (C=O) groups excluding carboxylic acids is 3. The van der Waals surface area contributed by atoms with Crippen molar-refractivity contribution in [1.29, 1.82) is 0 Å². The van der Waals surface area contributed by atoms with Gasteiger partial charge in [-0.2, -0.15) is 0 Å². The summed E-state index contributed by atoms with van der Waals surface area (Å²) in [4.78, 5) is 35.0. The number of thiophene rings is 1. The van der Waals surface area contributed by atoms with Gasteiger partial charge < -0.3 is 14.2 Å². The van der Waals surface area contributed by atoms with Gasteiger partial charge >= 0.3 is 17.9 Å². The average Bonchev–Trinajstić information content (AvgIpc) is 3.12. The Morgan fingerprint density at radius 1 is 0.889 bits per heavy atom. The number of esters is 3. The molecule has 9 nitrogen and oxygen atoms in total. The summed E-state index contributed by atoms with van der Waals surface area (Å²) in [6, 6.07) is 4.64. The highest BCUT2D eigenvalue weighted by Crippen LogP contribution is 2.27. The lowest BCUT2D eigenvalue weighted by Gasteiger charge is -2.11. The van der Waals surface area contributed by atoms with Crippen LogP contribution in [0.25, 0.3) is 0 Å². The topological polar surface area (TPSA) is 125 Å². The van der Waals surface area contributed by atoms with E-state index in [2.05, 4.69) is 18.9 Å². The fourth-order valence-electron chi connectivity index (χ4n) is 2.07. The van der Waals surface area contributed by atoms with Gasteiger partial charge in [-0.15, -0.1) is 11.3 Å². The highest BCUT2D eigenvalue weighted by Gasteiger charge is 2.24. The van der Waals surface area contributed by atoms with Crippen molar-refractivity contribution >= 4 is 45.0 Å². The Morgan fingerprint density at radius 3 is 1.89 bits per heavy atom. The first-order valence-electron chi connectivity index (χ1n) is 7.23. The van der Waals surface area contributed by atoms with Gasteiger partial charge in [0.25, 0.3) is 10.0 Å². The summed E-state index contributed by atoms with van der Waals surface area (Å²) < 4.78 is 41.5. The van der Waals surface area contributed by atoms with E-state index in [0.717, 1.165) is 43.8 Å². The maximum Gasteiger partial charge on any atom is 0.350 e. The fourth-order valence-corrected chi connectivity index (χ4v) is 4.04. The first kappa shape index (κ1) is 20.4. The van der Waals surface area contributed by atoms with Gasteiger partial charge in [0.15, 0.2) is 0 Å². The van der Waals surface area contributed by atoms with Crippen molar-refractivity contribution in [3.63, 3.8) is 0 Å². The molecule has 0 fully saturated rings. The van der Waals surface area contributed by atoms with Gasteiger partial charge in [-0.05, 0) is 29.6 Å². The first-order chi connectivity index (χ1) is 12.7. The molecule has 1 N–H and O–H groups in total. The summed E-state index contributed by atoms with van der Waals surface area (Å²) in [6.07, 6.45) is 0. The lowest BCUT2D eigenvalue weighted by Crippen LogP contribution is -2.17. The zero-order chi connectivity index (χ0) is 20.2. The molecule has 0 aliphatic heterocycles. The minimum absolute atomic E-state index is 0.00920. The van der Waals surface area contributed by atoms with Gasteiger partial charge in [-0.1, -0.05) is 0 Å². The summed E-state index contributed by atoms with van der Waals surface area (Å²) in [5, 5.41) is 1.51. The van der Waals surface area contributed by atoms with Gasteiger partial charge in [-0.25, -0.2) is 22.8 Å². The number of sulfonamides is 1. The van der Waals surface area contributed by atoms with Crippen LogP contribution in [0.3, 0.4) is 0 Å². The van der Waals surface area contributed by atoms with Crippen LogP contribution in [0.5, 0.6) is 0 Å². The molecule has 0 saturated carbocycles. The van der Waals surface area contributed by atoms with Crippen LogP contribution in [-0.2, 0) is 24.2 Å². The van der Waals surface area contributed by atoms with Gasteiger partial charge in [0.1, 0.15) is 4.88 Å². The Labute approximate surface area is 158 Å². The maximum absolute atomic E-state index is 12.7. The van der Waals surface area contributed by atoms with Gasteiger partial charge in [-0.3, -0.25) is 4.72 Å². The molecule has 1 aromatic heterocycles. The number of anilines is 1. The molecule has 0 saturated heterocycles. The average molecular weight is 413 g/mol. The van der Waals surface area contributed by atoms with Crippen LogP contribution >= 0.6 is 11.3 Å². The highest BCUT2D eigenvalue weighted by molar-refractivity contribution is 7.92. The third-order valence-electron chi connectivity index (χ3n) is 3.34. The Bertz CT molecular complexity index is 959. The second-order valence-corrected chi connectivity index (χ2v) is 7.59. The van der Waals surface area contributed by atoms with Crippen molar-refractivity contribution in [2.45, 2.75) is 4.90 Å². The Hall–Kier alpha value is -2.92. The number of methoxy groups -OCH3 is 3. The number of nitrogens with one attached hydrogen (secondary N) is 1. The molecule has 0 bridgehead atoms. The Balaban J connectivity index is 2.52. The minimum atomic E-state index is -4.24. The van der Waals surface area contributed by atoms with E-state index in [1.54, 1.807) is 0 Å². The van der Waals surface area contributed by atoms with Crippen molar-refractivity contribution in [3.8, 4) is 0 Å². The molecule has 1 heterocycles. The monoisotopic (exact) mass is 413 g/mol. The molecule has 2 aromatic rings. The Kier molecular flexibility index (Phi) is 6.18. The van der Waals surface area contributed by atoms with Crippen LogP contribution in [0.4, 0.5) is 5.69 Å². The molecule has 11 heteroatoms. The fraction of sp³-hybridized carbons (Fsp3) is 0.188. The summed E-state index contributed by atoms with van der Waals surface area (Å²) in [6.45, 7) is 0. The van der Waals surface area contributed by atoms with E-state index in [4.69, 9.17) is 0 Å². The van der Waals surface area contributed by atoms with Crippen LogP contribution in [0.1, 0.15) is 30.4 Å². The molecular formula is C16H15NO8S2. The summed E-state index contributed by atoms with van der Waals surface area (Å²) in [5.41, 5.74) is -0.298. The minimum Gasteiger partial charge on any atom is -0.465 e. The SMILES string of the molecule is COC(=O)c1cc(C(=O)OC)cc(S(=O)(=O)Nc2ccsc2C(=O)OC)c1. The number of ether oxygens (including phenoxy) is 3. The molecule has 0 unspecified atom stereocenters. The number of rotatable bonds is 6. The summed E-state index contributed by atoms with van der Waals surface area (Å²) in [5.74, 6) is -2.37. The van der Waals surface area contributed by atoms with Crippen molar-refractivity contribution in [2.75, 3.05) is 26.1 Å². The van der Waals surface area contributed by atoms with Crippen LogP contribution < -0.4 is 4.72 Å². The number of hydrogen-bond donors (Lipinski definition) is 1. The standard InChI is InChI=1S/C16H15NO8S2/c1-23-14(18)9-6-10(15(19)24-2)8-11(7-9)27(21,22)17-12-4-5-26-13(12)16(20)25-3/h4-8,17H,1-3H3. The number of carbonyl (C=O) groups is 3. The molecule has 2 rings (SSSR count). The van der Waals surface area contributed by atoms with E-state index in [0.29, 0.717) is 0 Å².